The number of aliphatic imine (C=N–C) groups is 1. The molecular formula is C21H19ClN2O. The van der Waals surface area contributed by atoms with E-state index in [-0.39, 0.29) is 5.88 Å². The van der Waals surface area contributed by atoms with Crippen molar-refractivity contribution in [2.45, 2.75) is 6.61 Å². The molecular weight excluding hydrogens is 332 g/mol. The lowest BCUT2D eigenvalue weighted by molar-refractivity contribution is 0.307. The normalized spacial score (nSPS) is 11.3. The van der Waals surface area contributed by atoms with Crippen LogP contribution in [-0.2, 0) is 6.61 Å². The number of rotatable bonds is 6. The lowest BCUT2D eigenvalue weighted by atomic mass is 10.0. The summed E-state index contributed by atoms with van der Waals surface area (Å²) in [7, 11) is 0. The number of hydrogen-bond donors (Lipinski definition) is 1. The molecule has 0 radical (unpaired) electrons. The number of para-hydroxylation sites is 1. The quantitative estimate of drug-likeness (QED) is 0.379. The van der Waals surface area contributed by atoms with Gasteiger partial charge in [-0.2, -0.15) is 0 Å². The molecule has 0 atom stereocenters. The van der Waals surface area contributed by atoms with Crippen molar-refractivity contribution in [1.29, 1.82) is 0 Å². The van der Waals surface area contributed by atoms with Crippen LogP contribution in [-0.4, -0.2) is 11.7 Å². The van der Waals surface area contributed by atoms with Gasteiger partial charge in [-0.3, -0.25) is 0 Å². The van der Waals surface area contributed by atoms with Gasteiger partial charge in [0, 0.05) is 5.56 Å². The first kappa shape index (κ1) is 17.1. The monoisotopic (exact) mass is 350 g/mol. The average Bonchev–Trinajstić information content (AvgIpc) is 2.68. The van der Waals surface area contributed by atoms with Crippen LogP contribution in [0.2, 0.25) is 0 Å². The van der Waals surface area contributed by atoms with Crippen LogP contribution in [0.4, 0.5) is 5.69 Å². The lowest BCUT2D eigenvalue weighted by Gasteiger charge is -2.12. The largest absolute Gasteiger partial charge is 0.488 e. The number of amidine groups is 1. The molecule has 0 bridgehead atoms. The third-order valence-electron chi connectivity index (χ3n) is 3.71. The SMILES string of the molecule is NC(CCl)=Nc1ccc(-c2ccccc2OCc2ccccc2)cc1. The molecule has 0 spiro atoms. The molecule has 2 N–H and O–H groups in total. The predicted octanol–water partition coefficient (Wildman–Crippen LogP) is 5.16. The van der Waals surface area contributed by atoms with Crippen LogP contribution in [0, 0.1) is 0 Å². The van der Waals surface area contributed by atoms with E-state index in [1.165, 1.54) is 0 Å². The van der Waals surface area contributed by atoms with Gasteiger partial charge in [-0.15, -0.1) is 11.6 Å². The van der Waals surface area contributed by atoms with Gasteiger partial charge in [0.2, 0.25) is 0 Å². The molecule has 25 heavy (non-hydrogen) atoms. The van der Waals surface area contributed by atoms with E-state index < -0.39 is 0 Å². The third kappa shape index (κ3) is 4.61. The zero-order valence-corrected chi connectivity index (χ0v) is 14.5. The highest BCUT2D eigenvalue weighted by Crippen LogP contribution is 2.31. The number of halogens is 1. The van der Waals surface area contributed by atoms with E-state index in [4.69, 9.17) is 22.1 Å². The molecule has 3 aromatic carbocycles. The molecule has 0 aromatic heterocycles. The zero-order chi connectivity index (χ0) is 17.5. The maximum atomic E-state index is 6.02. The summed E-state index contributed by atoms with van der Waals surface area (Å²) < 4.78 is 6.02. The predicted molar refractivity (Wildman–Crippen MR) is 105 cm³/mol. The van der Waals surface area contributed by atoms with Gasteiger partial charge < -0.3 is 10.5 Å². The molecule has 0 saturated carbocycles. The van der Waals surface area contributed by atoms with Gasteiger partial charge in [0.15, 0.2) is 0 Å². The van der Waals surface area contributed by atoms with Gasteiger partial charge in [0.05, 0.1) is 11.6 Å². The minimum absolute atomic E-state index is 0.220. The Kier molecular flexibility index (Phi) is 5.70. The number of ether oxygens (including phenoxy) is 1. The zero-order valence-electron chi connectivity index (χ0n) is 13.7. The van der Waals surface area contributed by atoms with Gasteiger partial charge in [-0.05, 0) is 29.3 Å². The van der Waals surface area contributed by atoms with Crippen LogP contribution >= 0.6 is 11.6 Å². The molecule has 0 aliphatic heterocycles. The molecule has 3 rings (SSSR count). The first-order chi connectivity index (χ1) is 12.3. The highest BCUT2D eigenvalue weighted by molar-refractivity contribution is 6.28. The smallest absolute Gasteiger partial charge is 0.127 e. The molecule has 3 nitrogen and oxygen atoms in total. The Balaban J connectivity index is 1.80. The number of nitrogens with two attached hydrogens (primary N) is 1. The average molecular weight is 351 g/mol. The van der Waals surface area contributed by atoms with Crippen molar-refractivity contribution in [3.63, 3.8) is 0 Å². The van der Waals surface area contributed by atoms with Crippen LogP contribution in [0.25, 0.3) is 11.1 Å². The molecule has 0 unspecified atom stereocenters. The summed E-state index contributed by atoms with van der Waals surface area (Å²) in [4.78, 5) is 4.24. The van der Waals surface area contributed by atoms with E-state index in [1.807, 2.05) is 66.7 Å². The maximum absolute atomic E-state index is 6.02. The summed E-state index contributed by atoms with van der Waals surface area (Å²) in [6.07, 6.45) is 0. The standard InChI is InChI=1S/C21H19ClN2O/c22-14-21(23)24-18-12-10-17(11-13-18)19-8-4-5-9-20(19)25-15-16-6-2-1-3-7-16/h1-13H,14-15H2,(H2,23,24). The number of hydrogen-bond acceptors (Lipinski definition) is 2. The topological polar surface area (TPSA) is 47.6 Å². The van der Waals surface area contributed by atoms with Crippen molar-refractivity contribution in [2.24, 2.45) is 10.7 Å². The molecule has 0 fully saturated rings. The van der Waals surface area contributed by atoms with E-state index in [0.29, 0.717) is 12.4 Å². The fourth-order valence-electron chi connectivity index (χ4n) is 2.48. The van der Waals surface area contributed by atoms with E-state index in [9.17, 15) is 0 Å². The maximum Gasteiger partial charge on any atom is 0.127 e. The van der Waals surface area contributed by atoms with Crippen LogP contribution in [0.5, 0.6) is 5.75 Å². The third-order valence-corrected chi connectivity index (χ3v) is 3.99. The summed E-state index contributed by atoms with van der Waals surface area (Å²) in [5.41, 5.74) is 9.69. The molecule has 0 aliphatic carbocycles. The van der Waals surface area contributed by atoms with Crippen molar-refractivity contribution in [2.75, 3.05) is 5.88 Å². The molecule has 4 heteroatoms. The van der Waals surface area contributed by atoms with E-state index in [0.717, 1.165) is 28.1 Å². The number of nitrogens with zero attached hydrogens (tertiary/aromatic N) is 1. The second-order valence-corrected chi connectivity index (χ2v) is 5.82. The summed E-state index contributed by atoms with van der Waals surface area (Å²) in [5, 5.41) is 0. The van der Waals surface area contributed by atoms with E-state index in [1.54, 1.807) is 0 Å². The fraction of sp³-hybridized carbons (Fsp3) is 0.0952. The highest BCUT2D eigenvalue weighted by atomic mass is 35.5. The Morgan fingerprint density at radius 1 is 0.880 bits per heavy atom. The molecule has 0 aliphatic rings. The van der Waals surface area contributed by atoms with Crippen molar-refractivity contribution in [3.05, 3.63) is 84.4 Å². The van der Waals surface area contributed by atoms with Gasteiger partial charge in [0.1, 0.15) is 18.2 Å². The first-order valence-electron chi connectivity index (χ1n) is 8.01. The highest BCUT2D eigenvalue weighted by Gasteiger charge is 2.06. The van der Waals surface area contributed by atoms with Crippen LogP contribution in [0.15, 0.2) is 83.9 Å². The molecule has 3 aromatic rings. The van der Waals surface area contributed by atoms with Crippen molar-refractivity contribution >= 4 is 23.1 Å². The van der Waals surface area contributed by atoms with Crippen LogP contribution in [0.3, 0.4) is 0 Å². The van der Waals surface area contributed by atoms with Gasteiger partial charge >= 0.3 is 0 Å². The minimum atomic E-state index is 0.220. The Morgan fingerprint density at radius 3 is 2.28 bits per heavy atom. The molecule has 0 amide bonds. The van der Waals surface area contributed by atoms with Gasteiger partial charge in [0.25, 0.3) is 0 Å². The summed E-state index contributed by atoms with van der Waals surface area (Å²) in [6.45, 7) is 0.534. The van der Waals surface area contributed by atoms with Crippen LogP contribution < -0.4 is 10.5 Å². The molecule has 126 valence electrons. The summed E-state index contributed by atoms with van der Waals surface area (Å²) >= 11 is 5.66. The minimum Gasteiger partial charge on any atom is -0.488 e. The lowest BCUT2D eigenvalue weighted by Crippen LogP contribution is -2.12. The Hall–Kier alpha value is -2.78. The Bertz CT molecular complexity index is 845. The second-order valence-electron chi connectivity index (χ2n) is 5.55. The van der Waals surface area contributed by atoms with Crippen molar-refractivity contribution in [3.8, 4) is 16.9 Å². The Morgan fingerprint density at radius 2 is 1.56 bits per heavy atom. The number of alkyl halides is 1. The first-order valence-corrected chi connectivity index (χ1v) is 8.55. The van der Waals surface area contributed by atoms with Gasteiger partial charge in [-0.1, -0.05) is 60.7 Å². The van der Waals surface area contributed by atoms with Gasteiger partial charge in [-0.25, -0.2) is 4.99 Å². The van der Waals surface area contributed by atoms with E-state index in [2.05, 4.69) is 17.1 Å². The fourth-order valence-corrected chi connectivity index (χ4v) is 2.54. The summed E-state index contributed by atoms with van der Waals surface area (Å²) in [6, 6.07) is 26.0. The number of benzene rings is 3. The van der Waals surface area contributed by atoms with Crippen LogP contribution in [0.1, 0.15) is 5.56 Å². The molecule has 0 heterocycles. The Labute approximate surface area is 152 Å². The van der Waals surface area contributed by atoms with Crippen molar-refractivity contribution < 1.29 is 4.74 Å². The second kappa shape index (κ2) is 8.36. The molecule has 0 saturated heterocycles. The summed E-state index contributed by atoms with van der Waals surface area (Å²) in [5.74, 6) is 1.47. The van der Waals surface area contributed by atoms with Crippen molar-refractivity contribution in [1.82, 2.24) is 0 Å². The van der Waals surface area contributed by atoms with E-state index >= 15 is 0 Å².